The summed E-state index contributed by atoms with van der Waals surface area (Å²) in [7, 11) is 0. The zero-order valence-electron chi connectivity index (χ0n) is 6.03. The molecule has 0 heteroatoms. The maximum atomic E-state index is 4.26. The average Bonchev–Trinajstić information content (AvgIpc) is 1.95. The molecule has 3 aliphatic carbocycles. The van der Waals surface area contributed by atoms with Crippen LogP contribution in [0.5, 0.6) is 0 Å². The maximum Gasteiger partial charge on any atom is -0.0292 e. The molecular weight excluding hydrogens is 108 g/mol. The van der Waals surface area contributed by atoms with Crippen molar-refractivity contribution in [2.75, 3.05) is 0 Å². The van der Waals surface area contributed by atoms with Gasteiger partial charge in [0.2, 0.25) is 0 Å². The first kappa shape index (κ1) is 5.76. The molecule has 0 heterocycles. The highest BCUT2D eigenvalue weighted by molar-refractivity contribution is 4.97. The molecular formula is C9H15. The third-order valence-corrected chi connectivity index (χ3v) is 3.01. The van der Waals surface area contributed by atoms with Crippen LogP contribution in [-0.2, 0) is 0 Å². The lowest BCUT2D eigenvalue weighted by Gasteiger charge is -2.43. The topological polar surface area (TPSA) is 0 Å². The molecule has 0 N–H and O–H groups in total. The van der Waals surface area contributed by atoms with Gasteiger partial charge in [-0.2, -0.15) is 0 Å². The van der Waals surface area contributed by atoms with Gasteiger partial charge in [-0.05, 0) is 37.5 Å². The maximum absolute atomic E-state index is 4.26. The van der Waals surface area contributed by atoms with Gasteiger partial charge < -0.3 is 0 Å². The number of hydrogen-bond donors (Lipinski definition) is 0. The third-order valence-electron chi connectivity index (χ3n) is 3.01. The molecule has 0 aliphatic heterocycles. The second-order valence-corrected chi connectivity index (χ2v) is 4.02. The fourth-order valence-corrected chi connectivity index (χ4v) is 2.51. The van der Waals surface area contributed by atoms with Crippen molar-refractivity contribution in [1.29, 1.82) is 0 Å². The predicted octanol–water partition coefficient (Wildman–Crippen LogP) is 2.79. The number of rotatable bonds is 0. The van der Waals surface area contributed by atoms with E-state index in [9.17, 15) is 0 Å². The molecule has 51 valence electrons. The standard InChI is InChI=1S/C9H15/c1-9-5-3-2-4-8(6-9)7-9/h8H,1-7H2. The quantitative estimate of drug-likeness (QED) is 0.464. The molecule has 3 saturated carbocycles. The molecule has 0 aromatic rings. The van der Waals surface area contributed by atoms with Crippen LogP contribution in [0.25, 0.3) is 0 Å². The number of fused-ring (bicyclic) bond motifs is 3. The van der Waals surface area contributed by atoms with Crippen LogP contribution in [0.15, 0.2) is 0 Å². The Bertz CT molecular complexity index is 104. The lowest BCUT2D eigenvalue weighted by Crippen LogP contribution is -2.32. The van der Waals surface area contributed by atoms with Crippen LogP contribution >= 0.6 is 0 Å². The van der Waals surface area contributed by atoms with Gasteiger partial charge in [0.1, 0.15) is 0 Å². The molecule has 0 aromatic carbocycles. The van der Waals surface area contributed by atoms with E-state index in [2.05, 4.69) is 6.92 Å². The summed E-state index contributed by atoms with van der Waals surface area (Å²) < 4.78 is 0. The SMILES string of the molecule is [CH2]C12CCCCC(C1)C2. The van der Waals surface area contributed by atoms with Gasteiger partial charge in [0, 0.05) is 0 Å². The van der Waals surface area contributed by atoms with Crippen LogP contribution in [0.4, 0.5) is 0 Å². The van der Waals surface area contributed by atoms with E-state index >= 15 is 0 Å². The summed E-state index contributed by atoms with van der Waals surface area (Å²) in [5.74, 6) is 1.07. The summed E-state index contributed by atoms with van der Waals surface area (Å²) in [5.41, 5.74) is 0.557. The minimum absolute atomic E-state index is 0.557. The molecule has 0 spiro atoms. The zero-order chi connectivity index (χ0) is 6.32. The Labute approximate surface area is 57.6 Å². The van der Waals surface area contributed by atoms with Crippen molar-refractivity contribution in [2.45, 2.75) is 38.5 Å². The van der Waals surface area contributed by atoms with Crippen LogP contribution in [0.3, 0.4) is 0 Å². The van der Waals surface area contributed by atoms with Crippen molar-refractivity contribution in [2.24, 2.45) is 11.3 Å². The van der Waals surface area contributed by atoms with Crippen LogP contribution < -0.4 is 0 Å². The van der Waals surface area contributed by atoms with E-state index in [1.54, 1.807) is 0 Å². The Morgan fingerprint density at radius 3 is 2.78 bits per heavy atom. The second kappa shape index (κ2) is 1.74. The zero-order valence-corrected chi connectivity index (χ0v) is 6.03. The van der Waals surface area contributed by atoms with Gasteiger partial charge in [-0.25, -0.2) is 0 Å². The fourth-order valence-electron chi connectivity index (χ4n) is 2.51. The second-order valence-electron chi connectivity index (χ2n) is 4.02. The largest absolute Gasteiger partial charge is 0.0530 e. The smallest absolute Gasteiger partial charge is 0.0292 e. The highest BCUT2D eigenvalue weighted by Crippen LogP contribution is 2.52. The Morgan fingerprint density at radius 2 is 2.00 bits per heavy atom. The highest BCUT2D eigenvalue weighted by Gasteiger charge is 2.40. The van der Waals surface area contributed by atoms with E-state index in [-0.39, 0.29) is 0 Å². The lowest BCUT2D eigenvalue weighted by atomic mass is 9.62. The Morgan fingerprint density at radius 1 is 1.22 bits per heavy atom. The molecule has 2 bridgehead atoms. The first-order valence-corrected chi connectivity index (χ1v) is 4.14. The minimum Gasteiger partial charge on any atom is -0.0530 e. The van der Waals surface area contributed by atoms with Gasteiger partial charge in [0.15, 0.2) is 0 Å². The molecule has 9 heavy (non-hydrogen) atoms. The van der Waals surface area contributed by atoms with Crippen molar-refractivity contribution >= 4 is 0 Å². The summed E-state index contributed by atoms with van der Waals surface area (Å²) in [4.78, 5) is 0. The van der Waals surface area contributed by atoms with Crippen molar-refractivity contribution < 1.29 is 0 Å². The molecule has 0 saturated heterocycles. The Hall–Kier alpha value is 0. The highest BCUT2D eigenvalue weighted by atomic mass is 14.5. The molecule has 3 rings (SSSR count). The van der Waals surface area contributed by atoms with Gasteiger partial charge in [-0.1, -0.05) is 19.3 Å². The molecule has 0 unspecified atom stereocenters. The molecule has 3 aliphatic rings. The first-order valence-electron chi connectivity index (χ1n) is 4.14. The van der Waals surface area contributed by atoms with Gasteiger partial charge in [-0.3, -0.25) is 0 Å². The van der Waals surface area contributed by atoms with Gasteiger partial charge >= 0.3 is 0 Å². The summed E-state index contributed by atoms with van der Waals surface area (Å²) >= 11 is 0. The van der Waals surface area contributed by atoms with E-state index in [1.165, 1.54) is 38.5 Å². The molecule has 0 atom stereocenters. The number of hydrogen-bond acceptors (Lipinski definition) is 0. The Balaban J connectivity index is 2.03. The summed E-state index contributed by atoms with van der Waals surface area (Å²) in [6, 6.07) is 0. The normalized spacial score (nSPS) is 49.7. The van der Waals surface area contributed by atoms with Gasteiger partial charge in [-0.15, -0.1) is 0 Å². The third kappa shape index (κ3) is 0.889. The Kier molecular flexibility index (Phi) is 1.12. The van der Waals surface area contributed by atoms with Crippen molar-refractivity contribution in [3.05, 3.63) is 6.92 Å². The molecule has 0 amide bonds. The summed E-state index contributed by atoms with van der Waals surface area (Å²) in [6.45, 7) is 4.26. The van der Waals surface area contributed by atoms with E-state index in [1.807, 2.05) is 0 Å². The minimum atomic E-state index is 0.557. The molecule has 0 aromatic heterocycles. The van der Waals surface area contributed by atoms with Crippen molar-refractivity contribution in [3.63, 3.8) is 0 Å². The van der Waals surface area contributed by atoms with E-state index in [0.717, 1.165) is 5.92 Å². The monoisotopic (exact) mass is 123 g/mol. The van der Waals surface area contributed by atoms with Crippen LogP contribution in [0, 0.1) is 18.3 Å². The lowest BCUT2D eigenvalue weighted by molar-refractivity contribution is 0.111. The predicted molar refractivity (Wildman–Crippen MR) is 39.0 cm³/mol. The van der Waals surface area contributed by atoms with Crippen LogP contribution in [0.2, 0.25) is 0 Å². The van der Waals surface area contributed by atoms with Crippen molar-refractivity contribution in [1.82, 2.24) is 0 Å². The van der Waals surface area contributed by atoms with E-state index in [0.29, 0.717) is 5.41 Å². The van der Waals surface area contributed by atoms with Crippen LogP contribution in [-0.4, -0.2) is 0 Å². The first-order chi connectivity index (χ1) is 4.29. The average molecular weight is 123 g/mol. The molecule has 3 fully saturated rings. The van der Waals surface area contributed by atoms with Crippen molar-refractivity contribution in [3.8, 4) is 0 Å². The molecule has 0 nitrogen and oxygen atoms in total. The van der Waals surface area contributed by atoms with Gasteiger partial charge in [0.25, 0.3) is 0 Å². The fraction of sp³-hybridized carbons (Fsp3) is 0.889. The summed E-state index contributed by atoms with van der Waals surface area (Å²) in [5, 5.41) is 0. The van der Waals surface area contributed by atoms with E-state index < -0.39 is 0 Å². The summed E-state index contributed by atoms with van der Waals surface area (Å²) in [6.07, 6.45) is 8.70. The van der Waals surface area contributed by atoms with Crippen LogP contribution in [0.1, 0.15) is 38.5 Å². The van der Waals surface area contributed by atoms with Gasteiger partial charge in [0.05, 0.1) is 0 Å². The molecule has 1 radical (unpaired) electrons. The van der Waals surface area contributed by atoms with E-state index in [4.69, 9.17) is 0 Å².